The predicted molar refractivity (Wildman–Crippen MR) is 104 cm³/mol. The summed E-state index contributed by atoms with van der Waals surface area (Å²) in [4.78, 5) is 0. The van der Waals surface area contributed by atoms with Crippen LogP contribution in [0.2, 0.25) is 10.5 Å². The molecule has 23 heavy (non-hydrogen) atoms. The van der Waals surface area contributed by atoms with Gasteiger partial charge in [-0.25, -0.2) is 0 Å². The molecule has 0 saturated heterocycles. The molecule has 0 N–H and O–H groups in total. The van der Waals surface area contributed by atoms with Crippen molar-refractivity contribution in [1.29, 1.82) is 0 Å². The van der Waals surface area contributed by atoms with E-state index in [4.69, 9.17) is 0 Å². The number of benzene rings is 2. The predicted octanol–water partition coefficient (Wildman–Crippen LogP) is 5.39. The Bertz CT molecular complexity index is 678. The summed E-state index contributed by atoms with van der Waals surface area (Å²) in [6.45, 7) is 0. The molecule has 4 rings (SSSR count). The fourth-order valence-electron chi connectivity index (χ4n) is 4.06. The minimum absolute atomic E-state index is 0.369. The van der Waals surface area contributed by atoms with Crippen LogP contribution in [-0.4, -0.2) is 15.4 Å². The third-order valence-electron chi connectivity index (χ3n) is 5.34. The second kappa shape index (κ2) is 6.92. The van der Waals surface area contributed by atoms with E-state index in [0.717, 1.165) is 0 Å². The van der Waals surface area contributed by atoms with E-state index in [1.807, 2.05) is 0 Å². The summed E-state index contributed by atoms with van der Waals surface area (Å²) in [6.07, 6.45) is 12.2. The third-order valence-corrected chi connectivity index (χ3v) is 9.15. The van der Waals surface area contributed by atoms with Crippen LogP contribution in [0, 0.1) is 0 Å². The zero-order valence-corrected chi connectivity index (χ0v) is 16.6. The van der Waals surface area contributed by atoms with Gasteiger partial charge >= 0.3 is 146 Å². The molecule has 2 atom stereocenters. The Balaban J connectivity index is 1.22. The van der Waals surface area contributed by atoms with E-state index in [2.05, 4.69) is 72.8 Å². The van der Waals surface area contributed by atoms with E-state index in [9.17, 15) is 0 Å². The van der Waals surface area contributed by atoms with Crippen LogP contribution in [0.3, 0.4) is 0 Å². The molecule has 0 radical (unpaired) electrons. The van der Waals surface area contributed by atoms with Crippen LogP contribution in [0.1, 0.15) is 46.9 Å². The molecule has 0 nitrogen and oxygen atoms in total. The van der Waals surface area contributed by atoms with Crippen LogP contribution in [0.4, 0.5) is 0 Å². The molecule has 0 spiro atoms. The number of hydrogen-bond donors (Lipinski definition) is 0. The van der Waals surface area contributed by atoms with Crippen LogP contribution in [-0.2, 0) is 0 Å². The first-order valence-electron chi connectivity index (χ1n) is 8.96. The summed E-state index contributed by atoms with van der Waals surface area (Å²) in [5.74, 6) is 1.40. The fraction of sp³-hybridized carbons (Fsp3) is 0.273. The zero-order chi connectivity index (χ0) is 15.5. The van der Waals surface area contributed by atoms with Crippen molar-refractivity contribution >= 4 is 27.6 Å². The minimum atomic E-state index is -0.369. The molecule has 0 aromatic heterocycles. The van der Waals surface area contributed by atoms with Gasteiger partial charge in [0, 0.05) is 0 Å². The second-order valence-corrected chi connectivity index (χ2v) is 11.3. The molecule has 2 aromatic rings. The molecule has 0 aliphatic heterocycles. The summed E-state index contributed by atoms with van der Waals surface area (Å²) in [5, 5.41) is 3.04. The maximum atomic E-state index is 2.42. The molecule has 0 saturated carbocycles. The van der Waals surface area contributed by atoms with Crippen molar-refractivity contribution < 1.29 is 0 Å². The molecule has 2 unspecified atom stereocenters. The standard InChI is InChI=1S/C22H24Ge/c1-3-7-21-17(5-1)9-11-19(21)13-15-23-16-14-20-12-10-18-6-2-4-8-22(18)20/h1-12,19-20H,13-16,23H2. The molecule has 2 aliphatic carbocycles. The summed E-state index contributed by atoms with van der Waals surface area (Å²) in [6, 6.07) is 17.8. The first kappa shape index (κ1) is 15.0. The first-order chi connectivity index (χ1) is 11.4. The first-order valence-corrected chi connectivity index (χ1v) is 13.2. The number of allylic oxidation sites excluding steroid dienone is 2. The van der Waals surface area contributed by atoms with Gasteiger partial charge in [-0.2, -0.15) is 0 Å². The van der Waals surface area contributed by atoms with Crippen LogP contribution >= 0.6 is 0 Å². The number of fused-ring (bicyclic) bond motifs is 2. The SMILES string of the molecule is C1=CC(C[CH2][GeH2][CH2]CC2C=Cc3ccccc32)c2ccccc21. The quantitative estimate of drug-likeness (QED) is 0.478. The summed E-state index contributed by atoms with van der Waals surface area (Å²) >= 11 is -0.369. The van der Waals surface area contributed by atoms with Gasteiger partial charge in [0.05, 0.1) is 0 Å². The van der Waals surface area contributed by atoms with Crippen molar-refractivity contribution in [2.24, 2.45) is 0 Å². The normalized spacial score (nSPS) is 21.2. The number of hydrogen-bond acceptors (Lipinski definition) is 0. The maximum absolute atomic E-state index is 2.42. The van der Waals surface area contributed by atoms with Gasteiger partial charge in [0.1, 0.15) is 0 Å². The Kier molecular flexibility index (Phi) is 4.52. The van der Waals surface area contributed by atoms with E-state index >= 15 is 0 Å². The zero-order valence-electron chi connectivity index (χ0n) is 13.6. The van der Waals surface area contributed by atoms with Gasteiger partial charge in [-0.15, -0.1) is 0 Å². The second-order valence-electron chi connectivity index (χ2n) is 6.83. The van der Waals surface area contributed by atoms with Crippen LogP contribution in [0.15, 0.2) is 60.7 Å². The summed E-state index contributed by atoms with van der Waals surface area (Å²) in [7, 11) is 0. The molecule has 0 heterocycles. The van der Waals surface area contributed by atoms with Crippen LogP contribution < -0.4 is 0 Å². The van der Waals surface area contributed by atoms with E-state index in [-0.39, 0.29) is 15.4 Å². The Morgan fingerprint density at radius 1 is 0.652 bits per heavy atom. The molecule has 0 bridgehead atoms. The van der Waals surface area contributed by atoms with Crippen molar-refractivity contribution in [2.45, 2.75) is 35.2 Å². The average molecular weight is 361 g/mol. The number of rotatable bonds is 6. The van der Waals surface area contributed by atoms with Crippen molar-refractivity contribution in [3.8, 4) is 0 Å². The molecule has 0 fully saturated rings. The third kappa shape index (κ3) is 3.23. The Morgan fingerprint density at radius 2 is 1.13 bits per heavy atom. The van der Waals surface area contributed by atoms with Crippen LogP contribution in [0.5, 0.6) is 0 Å². The molecule has 0 amide bonds. The van der Waals surface area contributed by atoms with Gasteiger partial charge in [0.15, 0.2) is 0 Å². The van der Waals surface area contributed by atoms with Gasteiger partial charge in [0.25, 0.3) is 0 Å². The van der Waals surface area contributed by atoms with Gasteiger partial charge < -0.3 is 0 Å². The van der Waals surface area contributed by atoms with Gasteiger partial charge in [-0.1, -0.05) is 0 Å². The van der Waals surface area contributed by atoms with Crippen molar-refractivity contribution in [3.63, 3.8) is 0 Å². The molecule has 1 heteroatoms. The summed E-state index contributed by atoms with van der Waals surface area (Å²) in [5.41, 5.74) is 6.00. The monoisotopic (exact) mass is 362 g/mol. The average Bonchev–Trinajstić information content (AvgIpc) is 3.19. The van der Waals surface area contributed by atoms with E-state index < -0.39 is 0 Å². The van der Waals surface area contributed by atoms with E-state index in [0.29, 0.717) is 11.8 Å². The van der Waals surface area contributed by atoms with Crippen molar-refractivity contribution in [2.75, 3.05) is 0 Å². The topological polar surface area (TPSA) is 0 Å². The Hall–Kier alpha value is -1.54. The Labute approximate surface area is 145 Å². The molecule has 2 aromatic carbocycles. The van der Waals surface area contributed by atoms with E-state index in [1.165, 1.54) is 34.5 Å². The van der Waals surface area contributed by atoms with Crippen LogP contribution in [0.25, 0.3) is 12.2 Å². The van der Waals surface area contributed by atoms with Gasteiger partial charge in [0.2, 0.25) is 0 Å². The summed E-state index contributed by atoms with van der Waals surface area (Å²) < 4.78 is 0. The molecule has 2 aliphatic rings. The molecular weight excluding hydrogens is 337 g/mol. The van der Waals surface area contributed by atoms with Gasteiger partial charge in [-0.3, -0.25) is 0 Å². The van der Waals surface area contributed by atoms with Crippen molar-refractivity contribution in [1.82, 2.24) is 0 Å². The molecule has 116 valence electrons. The Morgan fingerprint density at radius 3 is 1.65 bits per heavy atom. The fourth-order valence-corrected chi connectivity index (χ4v) is 7.86. The van der Waals surface area contributed by atoms with Crippen molar-refractivity contribution in [3.05, 3.63) is 82.9 Å². The molecular formula is C22H24Ge. The van der Waals surface area contributed by atoms with Gasteiger partial charge in [-0.05, 0) is 0 Å². The van der Waals surface area contributed by atoms with E-state index in [1.54, 1.807) is 11.1 Å².